The molecule has 0 saturated carbocycles. The zero-order valence-corrected chi connectivity index (χ0v) is 6.98. The molecule has 78 valence electrons. The van der Waals surface area contributed by atoms with Crippen LogP contribution >= 0.6 is 0 Å². The predicted octanol–water partition coefficient (Wildman–Crippen LogP) is 2.35. The van der Waals surface area contributed by atoms with Crippen molar-refractivity contribution in [2.75, 3.05) is 0 Å². The standard InChI is InChI=1S/C9H2F4O2/c10-5-4-3(14)1-2-15-9(4)8(13)7(12)6(5)11/h1-2H. The molecule has 0 atom stereocenters. The van der Waals surface area contributed by atoms with Gasteiger partial charge in [-0.2, -0.15) is 4.39 Å². The summed E-state index contributed by atoms with van der Waals surface area (Å²) in [5, 5.41) is -0.936. The molecule has 0 bridgehead atoms. The van der Waals surface area contributed by atoms with Crippen molar-refractivity contribution in [3.8, 4) is 0 Å². The Labute approximate surface area is 79.7 Å². The lowest BCUT2D eigenvalue weighted by molar-refractivity contribution is 0.407. The van der Waals surface area contributed by atoms with E-state index in [2.05, 4.69) is 4.42 Å². The van der Waals surface area contributed by atoms with Crippen LogP contribution in [0, 0.1) is 23.3 Å². The van der Waals surface area contributed by atoms with Crippen LogP contribution in [-0.2, 0) is 0 Å². The van der Waals surface area contributed by atoms with Gasteiger partial charge in [-0.25, -0.2) is 13.2 Å². The average Bonchev–Trinajstić information content (AvgIpc) is 2.23. The van der Waals surface area contributed by atoms with E-state index in [1.165, 1.54) is 0 Å². The second-order valence-electron chi connectivity index (χ2n) is 2.74. The fourth-order valence-electron chi connectivity index (χ4n) is 1.19. The van der Waals surface area contributed by atoms with Crippen LogP contribution in [0.3, 0.4) is 0 Å². The summed E-state index contributed by atoms with van der Waals surface area (Å²) < 4.78 is 55.9. The summed E-state index contributed by atoms with van der Waals surface area (Å²) in [7, 11) is 0. The molecule has 2 rings (SSSR count). The number of halogens is 4. The fraction of sp³-hybridized carbons (Fsp3) is 0. The lowest BCUT2D eigenvalue weighted by Gasteiger charge is -2.01. The van der Waals surface area contributed by atoms with Crippen LogP contribution in [0.25, 0.3) is 11.0 Å². The van der Waals surface area contributed by atoms with Crippen molar-refractivity contribution in [2.45, 2.75) is 0 Å². The molecule has 0 aliphatic heterocycles. The van der Waals surface area contributed by atoms with E-state index in [0.717, 1.165) is 12.3 Å². The summed E-state index contributed by atoms with van der Waals surface area (Å²) in [6, 6.07) is 0.780. The Bertz CT molecular complexity index is 603. The third-order valence-electron chi connectivity index (χ3n) is 1.88. The van der Waals surface area contributed by atoms with E-state index < -0.39 is 39.7 Å². The third kappa shape index (κ3) is 1.21. The van der Waals surface area contributed by atoms with Crippen LogP contribution < -0.4 is 5.43 Å². The monoisotopic (exact) mass is 218 g/mol. The third-order valence-corrected chi connectivity index (χ3v) is 1.88. The van der Waals surface area contributed by atoms with Gasteiger partial charge >= 0.3 is 0 Å². The first-order valence-electron chi connectivity index (χ1n) is 3.77. The van der Waals surface area contributed by atoms with Crippen LogP contribution in [0.2, 0.25) is 0 Å². The van der Waals surface area contributed by atoms with Crippen molar-refractivity contribution in [2.24, 2.45) is 0 Å². The molecule has 0 unspecified atom stereocenters. The molecule has 2 nitrogen and oxygen atoms in total. The van der Waals surface area contributed by atoms with Crippen molar-refractivity contribution in [1.82, 2.24) is 0 Å². The highest BCUT2D eigenvalue weighted by Crippen LogP contribution is 2.23. The molecule has 1 aromatic carbocycles. The summed E-state index contributed by atoms with van der Waals surface area (Å²) in [4.78, 5) is 11.1. The Morgan fingerprint density at radius 3 is 2.20 bits per heavy atom. The SMILES string of the molecule is O=c1ccoc2c(F)c(F)c(F)c(F)c12. The molecule has 15 heavy (non-hydrogen) atoms. The molecule has 1 aromatic heterocycles. The maximum atomic E-state index is 13.1. The van der Waals surface area contributed by atoms with Crippen molar-refractivity contribution in [1.29, 1.82) is 0 Å². The predicted molar refractivity (Wildman–Crippen MR) is 42.3 cm³/mol. The zero-order chi connectivity index (χ0) is 11.2. The average molecular weight is 218 g/mol. The first kappa shape index (κ1) is 9.70. The molecular weight excluding hydrogens is 216 g/mol. The summed E-state index contributed by atoms with van der Waals surface area (Å²) in [6.07, 6.45) is 0.768. The van der Waals surface area contributed by atoms with E-state index in [1.807, 2.05) is 0 Å². The maximum absolute atomic E-state index is 13.1. The van der Waals surface area contributed by atoms with Gasteiger partial charge in [-0.1, -0.05) is 0 Å². The molecule has 0 N–H and O–H groups in total. The molecule has 2 aromatic rings. The van der Waals surface area contributed by atoms with E-state index in [1.54, 1.807) is 0 Å². The highest BCUT2D eigenvalue weighted by Gasteiger charge is 2.23. The van der Waals surface area contributed by atoms with Gasteiger partial charge < -0.3 is 4.42 Å². The van der Waals surface area contributed by atoms with E-state index in [4.69, 9.17) is 0 Å². The first-order valence-corrected chi connectivity index (χ1v) is 3.77. The van der Waals surface area contributed by atoms with Crippen molar-refractivity contribution < 1.29 is 22.0 Å². The number of rotatable bonds is 0. The minimum atomic E-state index is -2.03. The molecular formula is C9H2F4O2. The van der Waals surface area contributed by atoms with Gasteiger partial charge in [0.05, 0.1) is 6.26 Å². The van der Waals surface area contributed by atoms with Gasteiger partial charge in [-0.05, 0) is 0 Å². The first-order chi connectivity index (χ1) is 7.04. The quantitative estimate of drug-likeness (QED) is 0.386. The van der Waals surface area contributed by atoms with Crippen LogP contribution in [0.1, 0.15) is 0 Å². The zero-order valence-electron chi connectivity index (χ0n) is 6.98. The second kappa shape index (κ2) is 3.08. The van der Waals surface area contributed by atoms with Gasteiger partial charge in [-0.15, -0.1) is 0 Å². The molecule has 0 amide bonds. The van der Waals surface area contributed by atoms with Crippen molar-refractivity contribution >= 4 is 11.0 Å². The molecule has 0 spiro atoms. The van der Waals surface area contributed by atoms with Crippen LogP contribution in [0.5, 0.6) is 0 Å². The topological polar surface area (TPSA) is 30.2 Å². The van der Waals surface area contributed by atoms with Crippen LogP contribution in [-0.4, -0.2) is 0 Å². The van der Waals surface area contributed by atoms with E-state index in [0.29, 0.717) is 0 Å². The summed E-state index contributed by atoms with van der Waals surface area (Å²) in [5.74, 6) is -7.51. The minimum Gasteiger partial charge on any atom is -0.461 e. The van der Waals surface area contributed by atoms with Gasteiger partial charge in [0.15, 0.2) is 22.6 Å². The Kier molecular flexibility index (Phi) is 1.99. The van der Waals surface area contributed by atoms with E-state index in [9.17, 15) is 22.4 Å². The normalized spacial score (nSPS) is 10.9. The summed E-state index contributed by atoms with van der Waals surface area (Å²) >= 11 is 0. The smallest absolute Gasteiger partial charge is 0.205 e. The number of fused-ring (bicyclic) bond motifs is 1. The van der Waals surface area contributed by atoms with E-state index in [-0.39, 0.29) is 0 Å². The summed E-state index contributed by atoms with van der Waals surface area (Å²) in [5.41, 5.74) is -1.91. The molecule has 1 heterocycles. The Balaban J connectivity index is 3.15. The van der Waals surface area contributed by atoms with Crippen molar-refractivity contribution in [3.63, 3.8) is 0 Å². The second-order valence-corrected chi connectivity index (χ2v) is 2.74. The molecule has 0 aliphatic carbocycles. The summed E-state index contributed by atoms with van der Waals surface area (Å²) in [6.45, 7) is 0. The lowest BCUT2D eigenvalue weighted by Crippen LogP contribution is -2.07. The minimum absolute atomic E-state index is 0.768. The number of hydrogen-bond donors (Lipinski definition) is 0. The Morgan fingerprint density at radius 1 is 0.933 bits per heavy atom. The fourth-order valence-corrected chi connectivity index (χ4v) is 1.19. The van der Waals surface area contributed by atoms with Gasteiger partial charge in [0, 0.05) is 6.07 Å². The number of hydrogen-bond acceptors (Lipinski definition) is 2. The highest BCUT2D eigenvalue weighted by atomic mass is 19.2. The van der Waals surface area contributed by atoms with Crippen molar-refractivity contribution in [3.05, 3.63) is 45.8 Å². The largest absolute Gasteiger partial charge is 0.461 e. The maximum Gasteiger partial charge on any atom is 0.205 e. The van der Waals surface area contributed by atoms with Gasteiger partial charge in [0.2, 0.25) is 11.6 Å². The van der Waals surface area contributed by atoms with Gasteiger partial charge in [0.25, 0.3) is 0 Å². The molecule has 0 radical (unpaired) electrons. The molecule has 0 aliphatic rings. The Morgan fingerprint density at radius 2 is 1.53 bits per heavy atom. The van der Waals surface area contributed by atoms with Gasteiger partial charge in [-0.3, -0.25) is 4.79 Å². The molecule has 0 fully saturated rings. The Hall–Kier alpha value is -1.85. The van der Waals surface area contributed by atoms with Gasteiger partial charge in [0.1, 0.15) is 5.39 Å². The van der Waals surface area contributed by atoms with Crippen LogP contribution in [0.4, 0.5) is 17.6 Å². The molecule has 6 heteroatoms. The number of benzene rings is 1. The van der Waals surface area contributed by atoms with Crippen LogP contribution in [0.15, 0.2) is 21.5 Å². The van der Waals surface area contributed by atoms with E-state index >= 15 is 0 Å². The lowest BCUT2D eigenvalue weighted by atomic mass is 10.2. The molecule has 0 saturated heterocycles. The highest BCUT2D eigenvalue weighted by molar-refractivity contribution is 5.77.